The first-order valence-corrected chi connectivity index (χ1v) is 5.36. The molecule has 92 valence electrons. The third-order valence-corrected chi connectivity index (χ3v) is 1.64. The van der Waals surface area contributed by atoms with E-state index in [2.05, 4.69) is 11.9 Å². The van der Waals surface area contributed by atoms with Gasteiger partial charge in [0.25, 0.3) is 0 Å². The number of hydrogen-bond donors (Lipinski definition) is 1. The maximum absolute atomic E-state index is 11.4. The lowest BCUT2D eigenvalue weighted by Crippen LogP contribution is -2.40. The molecule has 0 aliphatic heterocycles. The Morgan fingerprint density at radius 3 is 2.31 bits per heavy atom. The molecule has 0 heterocycles. The molecule has 1 amide bonds. The molecule has 0 aromatic rings. The Balaban J connectivity index is 3.64. The number of nitrogens with one attached hydrogen (secondary N) is 1. The fraction of sp³-hybridized carbons (Fsp3) is 0.667. The van der Waals surface area contributed by atoms with Crippen LogP contribution in [0.25, 0.3) is 0 Å². The van der Waals surface area contributed by atoms with Gasteiger partial charge in [-0.3, -0.25) is 4.79 Å². The molecular weight excluding hydrogens is 206 g/mol. The molecule has 0 aromatic heterocycles. The molecule has 0 saturated heterocycles. The van der Waals surface area contributed by atoms with Crippen molar-refractivity contribution in [1.29, 1.82) is 0 Å². The van der Waals surface area contributed by atoms with E-state index < -0.39 is 5.97 Å². The second-order valence-electron chi connectivity index (χ2n) is 4.82. The summed E-state index contributed by atoms with van der Waals surface area (Å²) in [6.45, 7) is 11.1. The van der Waals surface area contributed by atoms with E-state index in [1.54, 1.807) is 6.92 Å². The first-order valence-electron chi connectivity index (χ1n) is 5.36. The van der Waals surface area contributed by atoms with E-state index in [4.69, 9.17) is 4.74 Å². The average Bonchev–Trinajstić information content (AvgIpc) is 2.08. The smallest absolute Gasteiger partial charge is 0.333 e. The summed E-state index contributed by atoms with van der Waals surface area (Å²) in [7, 11) is 0. The summed E-state index contributed by atoms with van der Waals surface area (Å²) in [5, 5.41) is 2.83. The number of carbonyl (C=O) groups excluding carboxylic acids is 2. The van der Waals surface area contributed by atoms with Crippen LogP contribution in [0.1, 0.15) is 40.5 Å². The van der Waals surface area contributed by atoms with Gasteiger partial charge >= 0.3 is 5.97 Å². The quantitative estimate of drug-likeness (QED) is 0.442. The highest BCUT2D eigenvalue weighted by Crippen LogP contribution is 2.01. The highest BCUT2D eigenvalue weighted by atomic mass is 16.5. The van der Waals surface area contributed by atoms with Crippen LogP contribution in [-0.2, 0) is 14.3 Å². The van der Waals surface area contributed by atoms with Crippen molar-refractivity contribution >= 4 is 11.9 Å². The van der Waals surface area contributed by atoms with E-state index in [1.807, 2.05) is 20.8 Å². The molecule has 0 bridgehead atoms. The lowest BCUT2D eigenvalue weighted by Gasteiger charge is -2.20. The number of esters is 1. The normalized spacial score (nSPS) is 10.8. The third-order valence-electron chi connectivity index (χ3n) is 1.64. The zero-order valence-electron chi connectivity index (χ0n) is 10.6. The molecule has 0 rings (SSSR count). The molecule has 4 nitrogen and oxygen atoms in total. The minimum atomic E-state index is -0.406. The largest absolute Gasteiger partial charge is 0.462 e. The van der Waals surface area contributed by atoms with E-state index in [0.29, 0.717) is 18.4 Å². The molecule has 16 heavy (non-hydrogen) atoms. The van der Waals surface area contributed by atoms with E-state index in [-0.39, 0.29) is 18.1 Å². The fourth-order valence-corrected chi connectivity index (χ4v) is 1.00. The minimum absolute atomic E-state index is 0.0288. The maximum Gasteiger partial charge on any atom is 0.333 e. The molecule has 0 atom stereocenters. The van der Waals surface area contributed by atoms with Crippen LogP contribution in [0.5, 0.6) is 0 Å². The van der Waals surface area contributed by atoms with Crippen LogP contribution in [0.15, 0.2) is 12.2 Å². The Morgan fingerprint density at radius 1 is 1.31 bits per heavy atom. The van der Waals surface area contributed by atoms with Crippen LogP contribution in [0.3, 0.4) is 0 Å². The number of ether oxygens (including phenoxy) is 1. The molecule has 0 spiro atoms. The summed E-state index contributed by atoms with van der Waals surface area (Å²) in [5.74, 6) is -0.435. The topological polar surface area (TPSA) is 55.4 Å². The SMILES string of the molecule is C=C(C)C(=O)OCCCC(=O)NC(C)(C)C. The second kappa shape index (κ2) is 6.30. The maximum atomic E-state index is 11.4. The van der Waals surface area contributed by atoms with Gasteiger partial charge in [-0.1, -0.05) is 6.58 Å². The predicted octanol–water partition coefficient (Wildman–Crippen LogP) is 1.80. The molecule has 0 fully saturated rings. The van der Waals surface area contributed by atoms with Gasteiger partial charge in [-0.15, -0.1) is 0 Å². The summed E-state index contributed by atoms with van der Waals surface area (Å²) >= 11 is 0. The molecular formula is C12H21NO3. The van der Waals surface area contributed by atoms with Crippen molar-refractivity contribution < 1.29 is 14.3 Å². The van der Waals surface area contributed by atoms with Gasteiger partial charge in [-0.05, 0) is 34.1 Å². The molecule has 0 aliphatic rings. The number of hydrogen-bond acceptors (Lipinski definition) is 3. The van der Waals surface area contributed by atoms with Crippen LogP contribution in [0, 0.1) is 0 Å². The van der Waals surface area contributed by atoms with Crippen LogP contribution in [0.4, 0.5) is 0 Å². The van der Waals surface area contributed by atoms with Crippen molar-refractivity contribution in [3.8, 4) is 0 Å². The van der Waals surface area contributed by atoms with Crippen molar-refractivity contribution in [3.63, 3.8) is 0 Å². The van der Waals surface area contributed by atoms with Crippen LogP contribution >= 0.6 is 0 Å². The predicted molar refractivity (Wildman–Crippen MR) is 62.9 cm³/mol. The van der Waals surface area contributed by atoms with Crippen molar-refractivity contribution in [1.82, 2.24) is 5.32 Å². The van der Waals surface area contributed by atoms with Gasteiger partial charge in [0.1, 0.15) is 0 Å². The summed E-state index contributed by atoms with van der Waals surface area (Å²) < 4.78 is 4.87. The standard InChI is InChI=1S/C12H21NO3/c1-9(2)11(15)16-8-6-7-10(14)13-12(3,4)5/h1,6-8H2,2-5H3,(H,13,14). The van der Waals surface area contributed by atoms with Gasteiger partial charge < -0.3 is 10.1 Å². The molecule has 4 heteroatoms. The van der Waals surface area contributed by atoms with Crippen molar-refractivity contribution in [2.24, 2.45) is 0 Å². The van der Waals surface area contributed by atoms with Crippen molar-refractivity contribution in [2.75, 3.05) is 6.61 Å². The summed E-state index contributed by atoms with van der Waals surface area (Å²) in [5.41, 5.74) is 0.157. The molecule has 1 N–H and O–H groups in total. The minimum Gasteiger partial charge on any atom is -0.462 e. The summed E-state index contributed by atoms with van der Waals surface area (Å²) in [4.78, 5) is 22.4. The van der Waals surface area contributed by atoms with Gasteiger partial charge in [-0.2, -0.15) is 0 Å². The lowest BCUT2D eigenvalue weighted by molar-refractivity contribution is -0.139. The molecule has 0 radical (unpaired) electrons. The Bertz CT molecular complexity index is 276. The fourth-order valence-electron chi connectivity index (χ4n) is 1.00. The van der Waals surface area contributed by atoms with E-state index in [9.17, 15) is 9.59 Å². The number of rotatable bonds is 5. The zero-order valence-corrected chi connectivity index (χ0v) is 10.6. The number of amides is 1. The van der Waals surface area contributed by atoms with Gasteiger partial charge in [0.05, 0.1) is 6.61 Å². The molecule has 0 aliphatic carbocycles. The first-order chi connectivity index (χ1) is 7.22. The Morgan fingerprint density at radius 2 is 1.88 bits per heavy atom. The second-order valence-corrected chi connectivity index (χ2v) is 4.82. The Hall–Kier alpha value is -1.32. The van der Waals surface area contributed by atoms with Crippen LogP contribution < -0.4 is 5.32 Å². The summed E-state index contributed by atoms with van der Waals surface area (Å²) in [6.07, 6.45) is 0.891. The van der Waals surface area contributed by atoms with E-state index >= 15 is 0 Å². The molecule has 0 aromatic carbocycles. The Labute approximate surface area is 97.1 Å². The van der Waals surface area contributed by atoms with E-state index in [0.717, 1.165) is 0 Å². The summed E-state index contributed by atoms with van der Waals surface area (Å²) in [6, 6.07) is 0. The molecule has 0 saturated carbocycles. The Kier molecular flexibility index (Phi) is 5.78. The average molecular weight is 227 g/mol. The van der Waals surface area contributed by atoms with Gasteiger partial charge in [0.2, 0.25) is 5.91 Å². The van der Waals surface area contributed by atoms with Gasteiger partial charge in [-0.25, -0.2) is 4.79 Å². The van der Waals surface area contributed by atoms with Crippen LogP contribution in [0.2, 0.25) is 0 Å². The van der Waals surface area contributed by atoms with Crippen LogP contribution in [-0.4, -0.2) is 24.0 Å². The monoisotopic (exact) mass is 227 g/mol. The van der Waals surface area contributed by atoms with Crippen molar-refractivity contribution in [3.05, 3.63) is 12.2 Å². The zero-order chi connectivity index (χ0) is 12.8. The van der Waals surface area contributed by atoms with Crippen molar-refractivity contribution in [2.45, 2.75) is 46.1 Å². The highest BCUT2D eigenvalue weighted by Gasteiger charge is 2.13. The number of carbonyl (C=O) groups is 2. The van der Waals surface area contributed by atoms with Gasteiger partial charge in [0, 0.05) is 17.5 Å². The van der Waals surface area contributed by atoms with Gasteiger partial charge in [0.15, 0.2) is 0 Å². The first kappa shape index (κ1) is 14.7. The third kappa shape index (κ3) is 8.03. The molecule has 0 unspecified atom stereocenters. The lowest BCUT2D eigenvalue weighted by atomic mass is 10.1. The highest BCUT2D eigenvalue weighted by molar-refractivity contribution is 5.86. The van der Waals surface area contributed by atoms with E-state index in [1.165, 1.54) is 0 Å².